The van der Waals surface area contributed by atoms with Crippen LogP contribution >= 0.6 is 0 Å². The minimum absolute atomic E-state index is 0.0797. The molecule has 0 radical (unpaired) electrons. The smallest absolute Gasteiger partial charge is 0.306 e. The van der Waals surface area contributed by atoms with Gasteiger partial charge in [-0.05, 0) is 77.0 Å². The Hall–Kier alpha value is -2.14. The number of carbonyl (C=O) groups excluding carboxylic acids is 2. The summed E-state index contributed by atoms with van der Waals surface area (Å²) in [5.41, 5.74) is 0. The van der Waals surface area contributed by atoms with Gasteiger partial charge in [-0.1, -0.05) is 262 Å². The molecule has 1 atom stereocenters. The Morgan fingerprint density at radius 3 is 1.11 bits per heavy atom. The van der Waals surface area contributed by atoms with Gasteiger partial charge in [-0.3, -0.25) is 9.59 Å². The maximum Gasteiger partial charge on any atom is 0.306 e. The zero-order valence-electron chi connectivity index (χ0n) is 44.5. The Balaban J connectivity index is 4.24. The molecule has 0 aliphatic heterocycles. The third-order valence-corrected chi connectivity index (χ3v) is 12.8. The summed E-state index contributed by atoms with van der Waals surface area (Å²) in [7, 11) is 0. The van der Waals surface area contributed by atoms with Crippen LogP contribution in [0.2, 0.25) is 0 Å². The summed E-state index contributed by atoms with van der Waals surface area (Å²) < 4.78 is 17.5. The predicted octanol–water partition coefficient (Wildman–Crippen LogP) is 19.9. The highest BCUT2D eigenvalue weighted by Gasteiger charge is 2.17. The number of unbranched alkanes of at least 4 members (excludes halogenated alkanes) is 35. The van der Waals surface area contributed by atoms with Crippen molar-refractivity contribution in [3.8, 4) is 0 Å². The van der Waals surface area contributed by atoms with Crippen LogP contribution in [0.1, 0.15) is 303 Å². The minimum atomic E-state index is -0.541. The highest BCUT2D eigenvalue weighted by Crippen LogP contribution is 2.16. The maximum atomic E-state index is 12.9. The van der Waals surface area contributed by atoms with Gasteiger partial charge in [0.2, 0.25) is 0 Å². The highest BCUT2D eigenvalue weighted by atomic mass is 16.6. The van der Waals surface area contributed by atoms with Gasteiger partial charge in [0.1, 0.15) is 6.61 Å². The molecule has 0 saturated carbocycles. The molecule has 1 unspecified atom stereocenters. The van der Waals surface area contributed by atoms with Gasteiger partial charge in [0.25, 0.3) is 0 Å². The second-order valence-electron chi connectivity index (χ2n) is 19.5. The molecule has 5 heteroatoms. The third-order valence-electron chi connectivity index (χ3n) is 12.8. The van der Waals surface area contributed by atoms with Crippen molar-refractivity contribution in [3.63, 3.8) is 0 Å². The normalized spacial score (nSPS) is 12.5. The van der Waals surface area contributed by atoms with Gasteiger partial charge in [-0.2, -0.15) is 0 Å². The second kappa shape index (κ2) is 57.2. The van der Waals surface area contributed by atoms with E-state index in [1.807, 2.05) is 0 Å². The maximum absolute atomic E-state index is 12.9. The van der Waals surface area contributed by atoms with Gasteiger partial charge in [-0.15, -0.1) is 0 Å². The van der Waals surface area contributed by atoms with Crippen LogP contribution in [0.3, 0.4) is 0 Å². The Labute approximate surface area is 412 Å². The van der Waals surface area contributed by atoms with Crippen molar-refractivity contribution in [2.75, 3.05) is 19.8 Å². The lowest BCUT2D eigenvalue weighted by Gasteiger charge is -2.18. The number of carbonyl (C=O) groups is 2. The number of hydrogen-bond acceptors (Lipinski definition) is 5. The standard InChI is InChI=1S/C61H112O5/c1-4-7-10-13-16-19-22-25-28-29-30-31-32-35-38-41-44-47-50-53-56-64-57-59(66-61(63)55-52-49-46-43-40-37-34-27-24-21-18-15-12-9-6-3)58-65-60(62)54-51-48-45-42-39-36-33-26-23-20-17-14-11-8-5-2/h8,11,17,20,25-26,28,33,59H,4-7,9-10,12-16,18-19,21-24,27,29-32,34-58H2,1-3H3/b11-8-,20-17-,28-25-,33-26-. The Morgan fingerprint density at radius 1 is 0.348 bits per heavy atom. The van der Waals surface area contributed by atoms with Crippen LogP contribution in [0, 0.1) is 0 Å². The molecule has 66 heavy (non-hydrogen) atoms. The molecule has 0 aromatic heterocycles. The van der Waals surface area contributed by atoms with E-state index in [1.165, 1.54) is 199 Å². The summed E-state index contributed by atoms with van der Waals surface area (Å²) in [6, 6.07) is 0. The Kier molecular flexibility index (Phi) is 55.3. The SMILES string of the molecule is CC/C=C\C/C=C\C/C=C\CCCCCCCC(=O)OCC(COCCCCCCCCCCCC/C=C\CCCCCCCC)OC(=O)CCCCCCCCCCCCCCCCC. The average Bonchev–Trinajstić information content (AvgIpc) is 3.32. The van der Waals surface area contributed by atoms with Crippen molar-refractivity contribution in [2.24, 2.45) is 0 Å². The van der Waals surface area contributed by atoms with Gasteiger partial charge in [0, 0.05) is 19.4 Å². The van der Waals surface area contributed by atoms with Gasteiger partial charge in [0.05, 0.1) is 6.61 Å². The topological polar surface area (TPSA) is 61.8 Å². The van der Waals surface area contributed by atoms with Crippen molar-refractivity contribution >= 4 is 11.9 Å². The zero-order chi connectivity index (χ0) is 47.7. The minimum Gasteiger partial charge on any atom is -0.462 e. The van der Waals surface area contributed by atoms with E-state index in [1.54, 1.807) is 0 Å². The summed E-state index contributed by atoms with van der Waals surface area (Å²) in [6.07, 6.45) is 71.3. The largest absolute Gasteiger partial charge is 0.462 e. The van der Waals surface area contributed by atoms with Gasteiger partial charge < -0.3 is 14.2 Å². The van der Waals surface area contributed by atoms with E-state index < -0.39 is 6.10 Å². The molecule has 0 spiro atoms. The van der Waals surface area contributed by atoms with Gasteiger partial charge in [-0.25, -0.2) is 0 Å². The van der Waals surface area contributed by atoms with Crippen LogP contribution in [-0.2, 0) is 23.8 Å². The fraction of sp³-hybridized carbons (Fsp3) is 0.836. The summed E-state index contributed by atoms with van der Waals surface area (Å²) in [5, 5.41) is 0. The monoisotopic (exact) mass is 925 g/mol. The quantitative estimate of drug-likeness (QED) is 0.0345. The van der Waals surface area contributed by atoms with Crippen molar-refractivity contribution in [1.29, 1.82) is 0 Å². The van der Waals surface area contributed by atoms with E-state index in [2.05, 4.69) is 69.4 Å². The number of ether oxygens (including phenoxy) is 3. The lowest BCUT2D eigenvalue weighted by Crippen LogP contribution is -2.30. The first-order valence-corrected chi connectivity index (χ1v) is 29.2. The first kappa shape index (κ1) is 63.9. The molecule has 0 rings (SSSR count). The van der Waals surface area contributed by atoms with E-state index in [0.717, 1.165) is 70.6 Å². The Morgan fingerprint density at radius 2 is 0.682 bits per heavy atom. The molecule has 0 aromatic rings. The van der Waals surface area contributed by atoms with Crippen LogP contribution in [0.5, 0.6) is 0 Å². The summed E-state index contributed by atoms with van der Waals surface area (Å²) in [4.78, 5) is 25.5. The Bertz CT molecular complexity index is 1090. The first-order valence-electron chi connectivity index (χ1n) is 29.2. The molecule has 0 aliphatic rings. The fourth-order valence-corrected chi connectivity index (χ4v) is 8.52. The number of hydrogen-bond donors (Lipinski definition) is 0. The van der Waals surface area contributed by atoms with Crippen LogP contribution in [-0.4, -0.2) is 37.9 Å². The van der Waals surface area contributed by atoms with Crippen LogP contribution in [0.15, 0.2) is 48.6 Å². The van der Waals surface area contributed by atoms with E-state index in [-0.39, 0.29) is 25.2 Å². The summed E-state index contributed by atoms with van der Waals surface area (Å²) >= 11 is 0. The molecule has 5 nitrogen and oxygen atoms in total. The number of esters is 2. The molecular formula is C61H112O5. The van der Waals surface area contributed by atoms with Crippen LogP contribution < -0.4 is 0 Å². The van der Waals surface area contributed by atoms with Gasteiger partial charge >= 0.3 is 11.9 Å². The van der Waals surface area contributed by atoms with E-state index in [4.69, 9.17) is 14.2 Å². The molecule has 0 N–H and O–H groups in total. The molecular weight excluding hydrogens is 813 g/mol. The van der Waals surface area contributed by atoms with E-state index in [0.29, 0.717) is 19.4 Å². The molecule has 0 heterocycles. The highest BCUT2D eigenvalue weighted by molar-refractivity contribution is 5.70. The number of rotatable bonds is 54. The zero-order valence-corrected chi connectivity index (χ0v) is 44.5. The molecule has 0 saturated heterocycles. The summed E-state index contributed by atoms with van der Waals surface area (Å²) in [6.45, 7) is 7.75. The number of allylic oxidation sites excluding steroid dienone is 8. The lowest BCUT2D eigenvalue weighted by molar-refractivity contribution is -0.163. The first-order chi connectivity index (χ1) is 32.6. The van der Waals surface area contributed by atoms with Gasteiger partial charge in [0.15, 0.2) is 6.10 Å². The average molecular weight is 926 g/mol. The molecule has 0 amide bonds. The molecule has 0 bridgehead atoms. The van der Waals surface area contributed by atoms with Crippen LogP contribution in [0.25, 0.3) is 0 Å². The van der Waals surface area contributed by atoms with Crippen molar-refractivity contribution in [3.05, 3.63) is 48.6 Å². The summed E-state index contributed by atoms with van der Waals surface area (Å²) in [5.74, 6) is -0.401. The van der Waals surface area contributed by atoms with Crippen molar-refractivity contribution < 1.29 is 23.8 Å². The molecule has 0 aliphatic carbocycles. The van der Waals surface area contributed by atoms with E-state index in [9.17, 15) is 9.59 Å². The van der Waals surface area contributed by atoms with E-state index >= 15 is 0 Å². The van der Waals surface area contributed by atoms with Crippen LogP contribution in [0.4, 0.5) is 0 Å². The van der Waals surface area contributed by atoms with Crippen molar-refractivity contribution in [2.45, 2.75) is 309 Å². The predicted molar refractivity (Wildman–Crippen MR) is 288 cm³/mol. The van der Waals surface area contributed by atoms with Crippen molar-refractivity contribution in [1.82, 2.24) is 0 Å². The fourth-order valence-electron chi connectivity index (χ4n) is 8.52. The molecule has 0 aromatic carbocycles. The third kappa shape index (κ3) is 54.5. The molecule has 0 fully saturated rings. The molecule has 386 valence electrons. The lowest BCUT2D eigenvalue weighted by atomic mass is 10.0. The second-order valence-corrected chi connectivity index (χ2v) is 19.5.